The highest BCUT2D eigenvalue weighted by atomic mass is 16.5. The summed E-state index contributed by atoms with van der Waals surface area (Å²) in [5.74, 6) is -1.63. The monoisotopic (exact) mass is 353 g/mol. The molecule has 1 N–H and O–H groups in total. The summed E-state index contributed by atoms with van der Waals surface area (Å²) in [6, 6.07) is 19.4. The van der Waals surface area contributed by atoms with Crippen LogP contribution in [0.15, 0.2) is 60.7 Å². The Bertz CT molecular complexity index is 732. The summed E-state index contributed by atoms with van der Waals surface area (Å²) in [7, 11) is 0. The molecule has 1 amide bonds. The molecule has 0 bridgehead atoms. The van der Waals surface area contributed by atoms with Gasteiger partial charge in [-0.3, -0.25) is 9.59 Å². The van der Waals surface area contributed by atoms with Crippen molar-refractivity contribution in [1.29, 1.82) is 0 Å². The number of ether oxygens (including phenoxy) is 1. The number of carboxylic acids is 1. The van der Waals surface area contributed by atoms with Gasteiger partial charge in [-0.25, -0.2) is 0 Å². The molecule has 1 aliphatic heterocycles. The largest absolute Gasteiger partial charge is 0.481 e. The number of carbonyl (C=O) groups is 2. The predicted molar refractivity (Wildman–Crippen MR) is 97.6 cm³/mol. The Morgan fingerprint density at radius 3 is 2.31 bits per heavy atom. The third kappa shape index (κ3) is 4.49. The van der Waals surface area contributed by atoms with Crippen molar-refractivity contribution in [2.24, 2.45) is 5.92 Å². The first-order valence-electron chi connectivity index (χ1n) is 8.82. The van der Waals surface area contributed by atoms with Gasteiger partial charge in [-0.2, -0.15) is 0 Å². The van der Waals surface area contributed by atoms with Crippen LogP contribution in [-0.4, -0.2) is 41.6 Å². The maximum atomic E-state index is 12.5. The van der Waals surface area contributed by atoms with E-state index in [1.165, 1.54) is 0 Å². The van der Waals surface area contributed by atoms with Gasteiger partial charge in [-0.1, -0.05) is 60.7 Å². The Labute approximate surface area is 153 Å². The minimum absolute atomic E-state index is 0.0530. The molecule has 2 aromatic carbocycles. The van der Waals surface area contributed by atoms with E-state index >= 15 is 0 Å². The fourth-order valence-electron chi connectivity index (χ4n) is 3.38. The Hall–Kier alpha value is -2.66. The number of amides is 1. The topological polar surface area (TPSA) is 66.8 Å². The molecule has 0 unspecified atom stereocenters. The Kier molecular flexibility index (Phi) is 6.02. The molecule has 2 atom stereocenters. The first-order valence-corrected chi connectivity index (χ1v) is 8.82. The van der Waals surface area contributed by atoms with Crippen molar-refractivity contribution in [3.63, 3.8) is 0 Å². The fourth-order valence-corrected chi connectivity index (χ4v) is 3.38. The molecule has 0 saturated carbocycles. The van der Waals surface area contributed by atoms with Crippen LogP contribution in [0.25, 0.3) is 0 Å². The molecule has 1 saturated heterocycles. The Balaban J connectivity index is 1.52. The smallest absolute Gasteiger partial charge is 0.308 e. The van der Waals surface area contributed by atoms with Crippen molar-refractivity contribution < 1.29 is 19.4 Å². The highest BCUT2D eigenvalue weighted by Gasteiger charge is 2.40. The van der Waals surface area contributed by atoms with Gasteiger partial charge in [0.15, 0.2) is 0 Å². The van der Waals surface area contributed by atoms with Gasteiger partial charge >= 0.3 is 5.97 Å². The maximum Gasteiger partial charge on any atom is 0.308 e. The molecule has 136 valence electrons. The van der Waals surface area contributed by atoms with E-state index in [1.807, 2.05) is 60.7 Å². The molecule has 5 heteroatoms. The predicted octanol–water partition coefficient (Wildman–Crippen LogP) is 2.92. The van der Waals surface area contributed by atoms with Gasteiger partial charge in [-0.15, -0.1) is 0 Å². The summed E-state index contributed by atoms with van der Waals surface area (Å²) in [6.45, 7) is 1.50. The van der Waals surface area contributed by atoms with Crippen molar-refractivity contribution in [2.45, 2.75) is 18.9 Å². The lowest BCUT2D eigenvalue weighted by atomic mass is 9.89. The van der Waals surface area contributed by atoms with E-state index in [4.69, 9.17) is 4.74 Å². The summed E-state index contributed by atoms with van der Waals surface area (Å²) < 4.78 is 5.57. The second-order valence-electron chi connectivity index (χ2n) is 6.55. The second kappa shape index (κ2) is 8.63. The number of hydrogen-bond donors (Lipinski definition) is 1. The van der Waals surface area contributed by atoms with Gasteiger partial charge in [0.05, 0.1) is 25.6 Å². The Morgan fingerprint density at radius 1 is 1.00 bits per heavy atom. The SMILES string of the molecule is O=C(O)[C@@H]1CN(C(=O)CCOCc2ccccc2)C[C@H]1c1ccccc1. The van der Waals surface area contributed by atoms with Crippen molar-refractivity contribution in [2.75, 3.05) is 19.7 Å². The third-order valence-electron chi connectivity index (χ3n) is 4.79. The molecule has 0 aliphatic carbocycles. The van der Waals surface area contributed by atoms with Gasteiger partial charge in [0.1, 0.15) is 0 Å². The zero-order valence-corrected chi connectivity index (χ0v) is 14.6. The standard InChI is InChI=1S/C21H23NO4/c23-20(11-12-26-15-16-7-3-1-4-8-16)22-13-18(19(14-22)21(24)25)17-9-5-2-6-10-17/h1-10,18-19H,11-15H2,(H,24,25)/t18-,19+/m0/s1. The van der Waals surface area contributed by atoms with E-state index in [-0.39, 0.29) is 24.8 Å². The second-order valence-corrected chi connectivity index (χ2v) is 6.55. The first-order chi connectivity index (χ1) is 12.6. The van der Waals surface area contributed by atoms with Crippen LogP contribution >= 0.6 is 0 Å². The summed E-state index contributed by atoms with van der Waals surface area (Å²) in [5, 5.41) is 9.52. The maximum absolute atomic E-state index is 12.5. The molecule has 0 aromatic heterocycles. The molecule has 0 spiro atoms. The highest BCUT2D eigenvalue weighted by Crippen LogP contribution is 2.33. The van der Waals surface area contributed by atoms with E-state index in [0.29, 0.717) is 19.8 Å². The van der Waals surface area contributed by atoms with E-state index in [0.717, 1.165) is 11.1 Å². The van der Waals surface area contributed by atoms with Crippen LogP contribution in [0.4, 0.5) is 0 Å². The average molecular weight is 353 g/mol. The number of nitrogens with zero attached hydrogens (tertiary/aromatic N) is 1. The lowest BCUT2D eigenvalue weighted by Crippen LogP contribution is -2.30. The van der Waals surface area contributed by atoms with Crippen LogP contribution in [0.1, 0.15) is 23.5 Å². The number of rotatable bonds is 7. The van der Waals surface area contributed by atoms with Crippen molar-refractivity contribution >= 4 is 11.9 Å². The summed E-state index contributed by atoms with van der Waals surface area (Å²) in [5.41, 5.74) is 2.03. The van der Waals surface area contributed by atoms with Crippen LogP contribution in [0, 0.1) is 5.92 Å². The fraction of sp³-hybridized carbons (Fsp3) is 0.333. The zero-order valence-electron chi connectivity index (χ0n) is 14.6. The van der Waals surface area contributed by atoms with Crippen LogP contribution in [-0.2, 0) is 20.9 Å². The normalized spacial score (nSPS) is 19.5. The quantitative estimate of drug-likeness (QED) is 0.777. The number of carbonyl (C=O) groups excluding carboxylic acids is 1. The van der Waals surface area contributed by atoms with E-state index in [1.54, 1.807) is 4.90 Å². The Morgan fingerprint density at radius 2 is 1.65 bits per heavy atom. The van der Waals surface area contributed by atoms with Crippen molar-refractivity contribution in [1.82, 2.24) is 4.90 Å². The van der Waals surface area contributed by atoms with Crippen LogP contribution in [0.2, 0.25) is 0 Å². The molecule has 26 heavy (non-hydrogen) atoms. The molecule has 1 fully saturated rings. The van der Waals surface area contributed by atoms with Gasteiger partial charge in [0, 0.05) is 19.0 Å². The van der Waals surface area contributed by atoms with E-state index in [2.05, 4.69) is 0 Å². The van der Waals surface area contributed by atoms with Gasteiger partial charge in [-0.05, 0) is 11.1 Å². The van der Waals surface area contributed by atoms with Crippen molar-refractivity contribution in [3.05, 3.63) is 71.8 Å². The first kappa shape index (κ1) is 18.1. The average Bonchev–Trinajstić information content (AvgIpc) is 3.12. The lowest BCUT2D eigenvalue weighted by molar-refractivity contribution is -0.141. The molecule has 2 aromatic rings. The minimum Gasteiger partial charge on any atom is -0.481 e. The van der Waals surface area contributed by atoms with Crippen molar-refractivity contribution in [3.8, 4) is 0 Å². The number of carboxylic acid groups (broad SMARTS) is 1. The number of aliphatic carboxylic acids is 1. The van der Waals surface area contributed by atoms with E-state index < -0.39 is 11.9 Å². The molecule has 3 rings (SSSR count). The number of hydrogen-bond acceptors (Lipinski definition) is 3. The lowest BCUT2D eigenvalue weighted by Gasteiger charge is -2.16. The van der Waals surface area contributed by atoms with Crippen LogP contribution < -0.4 is 0 Å². The molecule has 1 heterocycles. The van der Waals surface area contributed by atoms with Gasteiger partial charge < -0.3 is 14.7 Å². The summed E-state index contributed by atoms with van der Waals surface area (Å²) in [4.78, 5) is 25.7. The summed E-state index contributed by atoms with van der Waals surface area (Å²) >= 11 is 0. The van der Waals surface area contributed by atoms with Gasteiger partial charge in [0.25, 0.3) is 0 Å². The molecule has 1 aliphatic rings. The van der Waals surface area contributed by atoms with Gasteiger partial charge in [0.2, 0.25) is 5.91 Å². The number of likely N-dealkylation sites (tertiary alicyclic amines) is 1. The summed E-state index contributed by atoms with van der Waals surface area (Å²) in [6.07, 6.45) is 0.265. The molecule has 5 nitrogen and oxygen atoms in total. The number of benzene rings is 2. The van der Waals surface area contributed by atoms with Crippen LogP contribution in [0.3, 0.4) is 0 Å². The molecular weight excluding hydrogens is 330 g/mol. The van der Waals surface area contributed by atoms with E-state index in [9.17, 15) is 14.7 Å². The zero-order chi connectivity index (χ0) is 18.4. The molecular formula is C21H23NO4. The van der Waals surface area contributed by atoms with Crippen LogP contribution in [0.5, 0.6) is 0 Å². The molecule has 0 radical (unpaired) electrons. The highest BCUT2D eigenvalue weighted by molar-refractivity contribution is 5.79. The third-order valence-corrected chi connectivity index (χ3v) is 4.79. The minimum atomic E-state index is -0.852.